The van der Waals surface area contributed by atoms with Gasteiger partial charge in [0.2, 0.25) is 0 Å². The van der Waals surface area contributed by atoms with Crippen molar-refractivity contribution in [3.63, 3.8) is 0 Å². The third-order valence-corrected chi connectivity index (χ3v) is 7.81. The number of carbonyl (C=O) groups is 1. The van der Waals surface area contributed by atoms with Gasteiger partial charge in [0.25, 0.3) is 5.91 Å². The average Bonchev–Trinajstić information content (AvgIpc) is 2.71. The maximum Gasteiger partial charge on any atom is 0.252 e. The number of hydrogen-bond donors (Lipinski definition) is 3. The molecular formula is C24H37ClN4O. The largest absolute Gasteiger partial charge is 0.351 e. The van der Waals surface area contributed by atoms with Gasteiger partial charge in [-0.1, -0.05) is 11.6 Å². The number of rotatable bonds is 11. The number of halogens is 1. The van der Waals surface area contributed by atoms with Crippen molar-refractivity contribution < 1.29 is 4.79 Å². The Labute approximate surface area is 186 Å². The molecule has 0 radical (unpaired) electrons. The van der Waals surface area contributed by atoms with E-state index in [-0.39, 0.29) is 5.91 Å². The number of hydrogen-bond acceptors (Lipinski definition) is 4. The second-order valence-electron chi connectivity index (χ2n) is 10.1. The summed E-state index contributed by atoms with van der Waals surface area (Å²) in [6.45, 7) is 3.82. The van der Waals surface area contributed by atoms with Crippen LogP contribution in [0.15, 0.2) is 12.3 Å². The summed E-state index contributed by atoms with van der Waals surface area (Å²) in [5, 5.41) is 10.3. The van der Waals surface area contributed by atoms with Crippen LogP contribution >= 0.6 is 11.6 Å². The SMILES string of the molecule is CNCCCNCCCc1cc(C(=O)NCC23CC4CC(CC(C4)C2)C3)c(Cl)cn1. The molecule has 1 aromatic heterocycles. The van der Waals surface area contributed by atoms with Gasteiger partial charge in [0.05, 0.1) is 10.6 Å². The molecule has 4 aliphatic carbocycles. The fraction of sp³-hybridized carbons (Fsp3) is 0.750. The number of nitrogens with one attached hydrogen (secondary N) is 3. The third kappa shape index (κ3) is 5.35. The van der Waals surface area contributed by atoms with Gasteiger partial charge in [-0.25, -0.2) is 0 Å². The monoisotopic (exact) mass is 432 g/mol. The molecule has 4 saturated carbocycles. The molecule has 0 atom stereocenters. The van der Waals surface area contributed by atoms with Crippen molar-refractivity contribution in [2.45, 2.75) is 57.8 Å². The van der Waals surface area contributed by atoms with Crippen molar-refractivity contribution in [3.8, 4) is 0 Å². The Kier molecular flexibility index (Phi) is 7.32. The van der Waals surface area contributed by atoms with Crippen LogP contribution in [-0.4, -0.2) is 44.1 Å². The standard InChI is InChI=1S/C24H37ClN4O/c1-26-5-3-7-27-6-2-4-20-11-21(22(25)15-28-20)23(30)29-16-24-12-17-8-18(13-24)10-19(9-17)14-24/h11,15,17-19,26-27H,2-10,12-14,16H2,1H3,(H,29,30). The molecule has 1 aromatic rings. The Balaban J connectivity index is 1.27. The van der Waals surface area contributed by atoms with Crippen molar-refractivity contribution >= 4 is 17.5 Å². The molecule has 3 N–H and O–H groups in total. The number of pyridine rings is 1. The molecule has 4 aliphatic rings. The number of carbonyl (C=O) groups excluding carboxylic acids is 1. The second-order valence-corrected chi connectivity index (χ2v) is 10.5. The Hall–Kier alpha value is -1.17. The topological polar surface area (TPSA) is 66.0 Å². The summed E-state index contributed by atoms with van der Waals surface area (Å²) in [7, 11) is 1.98. The van der Waals surface area contributed by atoms with Crippen molar-refractivity contribution in [3.05, 3.63) is 28.5 Å². The molecule has 0 aliphatic heterocycles. The van der Waals surface area contributed by atoms with Crippen LogP contribution in [0.1, 0.15) is 67.4 Å². The van der Waals surface area contributed by atoms with Crippen LogP contribution in [0, 0.1) is 23.2 Å². The Morgan fingerprint density at radius 1 is 1.10 bits per heavy atom. The van der Waals surface area contributed by atoms with Crippen molar-refractivity contribution in [1.29, 1.82) is 0 Å². The van der Waals surface area contributed by atoms with E-state index >= 15 is 0 Å². The van der Waals surface area contributed by atoms with Crippen molar-refractivity contribution in [2.24, 2.45) is 23.2 Å². The van der Waals surface area contributed by atoms with E-state index < -0.39 is 0 Å². The second kappa shape index (κ2) is 9.97. The van der Waals surface area contributed by atoms with Gasteiger partial charge >= 0.3 is 0 Å². The van der Waals surface area contributed by atoms with E-state index in [1.807, 2.05) is 13.1 Å². The lowest BCUT2D eigenvalue weighted by molar-refractivity contribution is -0.0503. The number of aromatic nitrogens is 1. The van der Waals surface area contributed by atoms with Gasteiger partial charge in [-0.3, -0.25) is 9.78 Å². The summed E-state index contributed by atoms with van der Waals surface area (Å²) < 4.78 is 0. The molecule has 0 unspecified atom stereocenters. The van der Waals surface area contributed by atoms with Crippen LogP contribution < -0.4 is 16.0 Å². The zero-order valence-corrected chi connectivity index (χ0v) is 19.1. The minimum Gasteiger partial charge on any atom is -0.351 e. The van der Waals surface area contributed by atoms with E-state index in [1.54, 1.807) is 6.20 Å². The molecule has 1 amide bonds. The van der Waals surface area contributed by atoms with E-state index in [2.05, 4.69) is 20.9 Å². The molecule has 30 heavy (non-hydrogen) atoms. The lowest BCUT2D eigenvalue weighted by Crippen LogP contribution is -2.51. The molecular weight excluding hydrogens is 396 g/mol. The highest BCUT2D eigenvalue weighted by Gasteiger charge is 2.50. The predicted molar refractivity (Wildman–Crippen MR) is 122 cm³/mol. The molecule has 166 valence electrons. The third-order valence-electron chi connectivity index (χ3n) is 7.51. The lowest BCUT2D eigenvalue weighted by Gasteiger charge is -2.56. The van der Waals surface area contributed by atoms with Crippen LogP contribution in [0.5, 0.6) is 0 Å². The molecule has 5 rings (SSSR count). The van der Waals surface area contributed by atoms with E-state index in [1.165, 1.54) is 38.5 Å². The van der Waals surface area contributed by atoms with Crippen molar-refractivity contribution in [2.75, 3.05) is 33.2 Å². The summed E-state index contributed by atoms with van der Waals surface area (Å²) in [6, 6.07) is 1.89. The molecule has 6 heteroatoms. The summed E-state index contributed by atoms with van der Waals surface area (Å²) in [5.74, 6) is 2.66. The summed E-state index contributed by atoms with van der Waals surface area (Å²) in [6.07, 6.45) is 12.8. The first-order valence-corrected chi connectivity index (χ1v) is 12.2. The van der Waals surface area contributed by atoms with Crippen LogP contribution in [0.2, 0.25) is 5.02 Å². The minimum absolute atomic E-state index is 0.0374. The van der Waals surface area contributed by atoms with Crippen LogP contribution in [0.25, 0.3) is 0 Å². The molecule has 0 aromatic carbocycles. The smallest absolute Gasteiger partial charge is 0.252 e. The highest BCUT2D eigenvalue weighted by Crippen LogP contribution is 2.59. The van der Waals surface area contributed by atoms with Gasteiger partial charge in [0.15, 0.2) is 0 Å². The summed E-state index contributed by atoms with van der Waals surface area (Å²) >= 11 is 6.34. The summed E-state index contributed by atoms with van der Waals surface area (Å²) in [4.78, 5) is 17.4. The fourth-order valence-electron chi connectivity index (χ4n) is 6.57. The van der Waals surface area contributed by atoms with Crippen LogP contribution in [-0.2, 0) is 6.42 Å². The van der Waals surface area contributed by atoms with E-state index in [0.29, 0.717) is 16.0 Å². The van der Waals surface area contributed by atoms with Gasteiger partial charge in [0, 0.05) is 18.4 Å². The Morgan fingerprint density at radius 3 is 2.43 bits per heavy atom. The molecule has 4 bridgehead atoms. The first-order chi connectivity index (χ1) is 14.6. The van der Waals surface area contributed by atoms with E-state index in [0.717, 1.165) is 68.9 Å². The molecule has 0 spiro atoms. The average molecular weight is 433 g/mol. The maximum atomic E-state index is 12.9. The lowest BCUT2D eigenvalue weighted by atomic mass is 9.49. The van der Waals surface area contributed by atoms with Gasteiger partial charge in [-0.05, 0) is 114 Å². The molecule has 4 fully saturated rings. The van der Waals surface area contributed by atoms with Crippen LogP contribution in [0.3, 0.4) is 0 Å². The van der Waals surface area contributed by atoms with Gasteiger partial charge in [-0.15, -0.1) is 0 Å². The zero-order chi connectivity index (χ0) is 21.0. The number of aryl methyl sites for hydroxylation is 1. The Morgan fingerprint density at radius 2 is 1.77 bits per heavy atom. The molecule has 0 saturated heterocycles. The van der Waals surface area contributed by atoms with E-state index in [4.69, 9.17) is 11.6 Å². The van der Waals surface area contributed by atoms with Crippen LogP contribution in [0.4, 0.5) is 0 Å². The Bertz CT molecular complexity index is 703. The van der Waals surface area contributed by atoms with Crippen molar-refractivity contribution in [1.82, 2.24) is 20.9 Å². The normalized spacial score (nSPS) is 29.3. The maximum absolute atomic E-state index is 12.9. The van der Waals surface area contributed by atoms with Gasteiger partial charge in [0.1, 0.15) is 0 Å². The first kappa shape index (κ1) is 22.0. The predicted octanol–water partition coefficient (Wildman–Crippen LogP) is 3.81. The van der Waals surface area contributed by atoms with E-state index in [9.17, 15) is 4.79 Å². The molecule has 1 heterocycles. The van der Waals surface area contributed by atoms with Gasteiger partial charge < -0.3 is 16.0 Å². The highest BCUT2D eigenvalue weighted by atomic mass is 35.5. The summed E-state index contributed by atoms with van der Waals surface area (Å²) in [5.41, 5.74) is 1.86. The number of nitrogens with zero attached hydrogens (tertiary/aromatic N) is 1. The quantitative estimate of drug-likeness (QED) is 0.465. The fourth-order valence-corrected chi connectivity index (χ4v) is 6.76. The number of amides is 1. The van der Waals surface area contributed by atoms with Gasteiger partial charge in [-0.2, -0.15) is 0 Å². The first-order valence-electron chi connectivity index (χ1n) is 11.8. The minimum atomic E-state index is -0.0374. The zero-order valence-electron chi connectivity index (χ0n) is 18.3. The molecule has 5 nitrogen and oxygen atoms in total. The highest BCUT2D eigenvalue weighted by molar-refractivity contribution is 6.33.